The van der Waals surface area contributed by atoms with E-state index in [1.54, 1.807) is 6.92 Å². The highest BCUT2D eigenvalue weighted by Crippen LogP contribution is 2.65. The highest BCUT2D eigenvalue weighted by atomic mass is 79.9. The summed E-state index contributed by atoms with van der Waals surface area (Å²) in [5.74, 6) is 0. The van der Waals surface area contributed by atoms with Gasteiger partial charge >= 0.3 is 0 Å². The summed E-state index contributed by atoms with van der Waals surface area (Å²) < 4.78 is 0. The van der Waals surface area contributed by atoms with E-state index in [1.807, 2.05) is 6.92 Å². The van der Waals surface area contributed by atoms with Gasteiger partial charge in [0.25, 0.3) is 0 Å². The second kappa shape index (κ2) is 5.09. The first kappa shape index (κ1) is 17.5. The van der Waals surface area contributed by atoms with E-state index in [1.165, 1.54) is 0 Å². The molecule has 5 heteroatoms. The van der Waals surface area contributed by atoms with E-state index in [-0.39, 0.29) is 25.4 Å². The van der Waals surface area contributed by atoms with Crippen LogP contribution in [0.25, 0.3) is 0 Å². The van der Waals surface area contributed by atoms with E-state index in [9.17, 15) is 10.2 Å². The van der Waals surface area contributed by atoms with Crippen molar-refractivity contribution in [2.45, 2.75) is 79.6 Å². The van der Waals surface area contributed by atoms with Crippen LogP contribution >= 0.6 is 43.5 Å². The van der Waals surface area contributed by atoms with Crippen LogP contribution < -0.4 is 0 Å². The van der Waals surface area contributed by atoms with E-state index in [4.69, 9.17) is 11.6 Å². The molecule has 6 atom stereocenters. The molecular formula is C15H25Br2ClO2. The maximum Gasteiger partial charge on any atom is 0.0939 e. The Bertz CT molecular complexity index is 375. The number of hydrogen-bond donors (Lipinski definition) is 2. The Balaban J connectivity index is 2.49. The quantitative estimate of drug-likeness (QED) is 0.563. The zero-order valence-electron chi connectivity index (χ0n) is 12.6. The van der Waals surface area contributed by atoms with Crippen LogP contribution in [-0.4, -0.2) is 36.4 Å². The first-order chi connectivity index (χ1) is 8.88. The summed E-state index contributed by atoms with van der Waals surface area (Å²) in [4.78, 5) is 0.0208. The molecule has 2 fully saturated rings. The fourth-order valence-corrected chi connectivity index (χ4v) is 6.02. The summed E-state index contributed by atoms with van der Waals surface area (Å²) >= 11 is 14.0. The zero-order valence-corrected chi connectivity index (χ0v) is 16.5. The van der Waals surface area contributed by atoms with E-state index in [0.29, 0.717) is 6.42 Å². The molecule has 0 aromatic heterocycles. The second-order valence-corrected chi connectivity index (χ2v) is 10.7. The Labute approximate surface area is 143 Å². The van der Waals surface area contributed by atoms with Crippen molar-refractivity contribution in [1.82, 2.24) is 0 Å². The molecule has 0 aromatic rings. The van der Waals surface area contributed by atoms with Crippen molar-refractivity contribution in [3.63, 3.8) is 0 Å². The predicted octanol–water partition coefficient (Wildman–Crippen LogP) is 4.22. The topological polar surface area (TPSA) is 40.5 Å². The summed E-state index contributed by atoms with van der Waals surface area (Å²) in [6, 6.07) is 0. The van der Waals surface area contributed by atoms with Gasteiger partial charge in [-0.1, -0.05) is 45.7 Å². The van der Waals surface area contributed by atoms with Gasteiger partial charge in [0.1, 0.15) is 0 Å². The maximum absolute atomic E-state index is 11.1. The van der Waals surface area contributed by atoms with Crippen LogP contribution in [-0.2, 0) is 0 Å². The van der Waals surface area contributed by atoms with Crippen LogP contribution in [0.15, 0.2) is 0 Å². The molecule has 0 radical (unpaired) electrons. The summed E-state index contributed by atoms with van der Waals surface area (Å²) in [7, 11) is 0. The van der Waals surface area contributed by atoms with E-state index >= 15 is 0 Å². The van der Waals surface area contributed by atoms with Crippen LogP contribution in [0, 0.1) is 10.8 Å². The summed E-state index contributed by atoms with van der Waals surface area (Å²) in [6.45, 7) is 8.25. The molecule has 1 spiro atoms. The minimum absolute atomic E-state index is 0.116. The van der Waals surface area contributed by atoms with Gasteiger partial charge in [0.05, 0.1) is 16.6 Å². The fraction of sp³-hybridized carbons (Fsp3) is 1.00. The van der Waals surface area contributed by atoms with Gasteiger partial charge in [-0.25, -0.2) is 0 Å². The normalized spacial score (nSPS) is 56.0. The van der Waals surface area contributed by atoms with Crippen molar-refractivity contribution < 1.29 is 10.2 Å². The molecule has 0 bridgehead atoms. The first-order valence-electron chi connectivity index (χ1n) is 7.26. The van der Waals surface area contributed by atoms with Gasteiger partial charge in [0, 0.05) is 15.1 Å². The molecule has 0 saturated heterocycles. The number of aliphatic hydroxyl groups is 2. The molecule has 2 N–H and O–H groups in total. The van der Waals surface area contributed by atoms with Crippen molar-refractivity contribution in [3.8, 4) is 0 Å². The molecule has 2 saturated carbocycles. The molecule has 2 aliphatic carbocycles. The molecule has 2 rings (SSSR count). The molecule has 20 heavy (non-hydrogen) atoms. The Morgan fingerprint density at radius 2 is 1.60 bits per heavy atom. The van der Waals surface area contributed by atoms with E-state index < -0.39 is 11.7 Å². The van der Waals surface area contributed by atoms with Gasteiger partial charge in [0.15, 0.2) is 0 Å². The number of aliphatic hydroxyl groups excluding tert-OH is 1. The predicted molar refractivity (Wildman–Crippen MR) is 91.0 cm³/mol. The van der Waals surface area contributed by atoms with E-state index in [2.05, 4.69) is 45.7 Å². The van der Waals surface area contributed by atoms with Crippen molar-refractivity contribution in [1.29, 1.82) is 0 Å². The fourth-order valence-electron chi connectivity index (χ4n) is 4.27. The highest BCUT2D eigenvalue weighted by molar-refractivity contribution is 9.09. The Kier molecular flexibility index (Phi) is 4.46. The lowest BCUT2D eigenvalue weighted by Crippen LogP contribution is -2.69. The van der Waals surface area contributed by atoms with Crippen LogP contribution in [0.5, 0.6) is 0 Å². The largest absolute Gasteiger partial charge is 0.390 e. The number of halogens is 3. The van der Waals surface area contributed by atoms with Crippen LogP contribution in [0.3, 0.4) is 0 Å². The highest BCUT2D eigenvalue weighted by Gasteiger charge is 2.67. The monoisotopic (exact) mass is 430 g/mol. The number of hydrogen-bond acceptors (Lipinski definition) is 2. The molecule has 0 aliphatic heterocycles. The molecule has 0 amide bonds. The average Bonchev–Trinajstić information content (AvgIpc) is 2.30. The Hall–Kier alpha value is 1.17. The Morgan fingerprint density at radius 3 is 2.10 bits per heavy atom. The van der Waals surface area contributed by atoms with Crippen molar-refractivity contribution >= 4 is 43.5 Å². The van der Waals surface area contributed by atoms with Crippen molar-refractivity contribution in [3.05, 3.63) is 0 Å². The number of rotatable bonds is 0. The molecule has 2 aliphatic rings. The van der Waals surface area contributed by atoms with Crippen LogP contribution in [0.2, 0.25) is 0 Å². The van der Waals surface area contributed by atoms with Gasteiger partial charge < -0.3 is 10.2 Å². The van der Waals surface area contributed by atoms with Gasteiger partial charge in [-0.05, 0) is 44.9 Å². The second-order valence-electron chi connectivity index (χ2n) is 7.62. The lowest BCUT2D eigenvalue weighted by Gasteiger charge is -2.65. The van der Waals surface area contributed by atoms with Gasteiger partial charge in [-0.2, -0.15) is 0 Å². The van der Waals surface area contributed by atoms with E-state index in [0.717, 1.165) is 19.3 Å². The molecule has 6 unspecified atom stereocenters. The molecule has 0 aromatic carbocycles. The Morgan fingerprint density at radius 1 is 1.05 bits per heavy atom. The summed E-state index contributed by atoms with van der Waals surface area (Å²) in [5, 5.41) is 21.6. The summed E-state index contributed by atoms with van der Waals surface area (Å²) in [6.07, 6.45) is 2.29. The van der Waals surface area contributed by atoms with Gasteiger partial charge in [-0.3, -0.25) is 0 Å². The molecule has 2 nitrogen and oxygen atoms in total. The molecule has 118 valence electrons. The third kappa shape index (κ3) is 2.24. The zero-order chi connectivity index (χ0) is 15.6. The van der Waals surface area contributed by atoms with Gasteiger partial charge in [0.2, 0.25) is 0 Å². The lowest BCUT2D eigenvalue weighted by atomic mass is 9.45. The van der Waals surface area contributed by atoms with Gasteiger partial charge in [-0.15, -0.1) is 11.6 Å². The van der Waals surface area contributed by atoms with Crippen LogP contribution in [0.1, 0.15) is 53.4 Å². The average molecular weight is 433 g/mol. The molecular weight excluding hydrogens is 407 g/mol. The van der Waals surface area contributed by atoms with Crippen molar-refractivity contribution in [2.75, 3.05) is 0 Å². The third-order valence-electron chi connectivity index (χ3n) is 6.29. The SMILES string of the molecule is CC1(Cl)CCC2(CC1Br)C(C)(C)C(Br)CC(O)C2(C)O. The number of alkyl halides is 3. The minimum atomic E-state index is -1.10. The summed E-state index contributed by atoms with van der Waals surface area (Å²) in [5.41, 5.74) is -1.57. The smallest absolute Gasteiger partial charge is 0.0939 e. The first-order valence-corrected chi connectivity index (χ1v) is 9.47. The third-order valence-corrected chi connectivity index (χ3v) is 9.85. The standard InChI is InChI=1S/C15H25Br2ClO2/c1-12(2)9(16)7-11(19)14(4,20)15(12)6-5-13(3,18)10(17)8-15/h9-11,19-20H,5-8H2,1-4H3. The molecule has 0 heterocycles. The van der Waals surface area contributed by atoms with Crippen molar-refractivity contribution in [2.24, 2.45) is 10.8 Å². The lowest BCUT2D eigenvalue weighted by molar-refractivity contribution is -0.230. The van der Waals surface area contributed by atoms with Crippen LogP contribution in [0.4, 0.5) is 0 Å². The minimum Gasteiger partial charge on any atom is -0.390 e. The maximum atomic E-state index is 11.1.